The van der Waals surface area contributed by atoms with Crippen LogP contribution in [0.4, 0.5) is 0 Å². The van der Waals surface area contributed by atoms with Gasteiger partial charge < -0.3 is 0 Å². The van der Waals surface area contributed by atoms with Crippen LogP contribution in [0, 0.1) is 13.8 Å². The minimum Gasteiger partial charge on any atom is -0.295 e. The van der Waals surface area contributed by atoms with Crippen molar-refractivity contribution in [3.63, 3.8) is 0 Å². The summed E-state index contributed by atoms with van der Waals surface area (Å²) in [4.78, 5) is 11.4. The molecule has 0 radical (unpaired) electrons. The summed E-state index contributed by atoms with van der Waals surface area (Å²) in [5, 5.41) is 0. The highest BCUT2D eigenvalue weighted by Gasteiger charge is 2.26. The second kappa shape index (κ2) is 15.8. The zero-order chi connectivity index (χ0) is 29.0. The molecule has 0 saturated heterocycles. The molecule has 2 rings (SSSR count). The van der Waals surface area contributed by atoms with Gasteiger partial charge in [0.1, 0.15) is 0 Å². The van der Waals surface area contributed by atoms with Crippen molar-refractivity contribution in [2.24, 2.45) is 0 Å². The van der Waals surface area contributed by atoms with Crippen molar-refractivity contribution < 1.29 is 4.79 Å². The molecule has 1 heteroatoms. The second-order valence-corrected chi connectivity index (χ2v) is 12.4. The maximum Gasteiger partial charge on any atom is 0.155 e. The van der Waals surface area contributed by atoms with E-state index in [9.17, 15) is 4.79 Å². The molecule has 2 aromatic carbocycles. The van der Waals surface area contributed by atoms with Gasteiger partial charge in [0.15, 0.2) is 5.78 Å². The Kier molecular flexibility index (Phi) is 14.7. The number of hydrogen-bond acceptors (Lipinski definition) is 1. The molecule has 0 unspecified atom stereocenters. The van der Waals surface area contributed by atoms with Crippen LogP contribution in [0.3, 0.4) is 0 Å². The van der Waals surface area contributed by atoms with Crippen LogP contribution in [0.2, 0.25) is 0 Å². The molecule has 2 aromatic rings. The number of aryl methyl sites for hydroxylation is 3. The molecule has 0 spiro atoms. The highest BCUT2D eigenvalue weighted by Crippen LogP contribution is 2.36. The Labute approximate surface area is 230 Å². The summed E-state index contributed by atoms with van der Waals surface area (Å²) in [5.41, 5.74) is 10.8. The molecule has 0 atom stereocenters. The van der Waals surface area contributed by atoms with Crippen LogP contribution in [0.25, 0.3) is 0 Å². The van der Waals surface area contributed by atoms with Gasteiger partial charge in [0.25, 0.3) is 0 Å². The standard InChI is InChI=1S/C24H36O.C9H12.C3H8/c1-16(11-12-17(2)19(4)25)13-20-15-22(24(8,9)10)21(14-18(20)3)23(5,6)7;1-3-9-7-5-4-6-8(9)2;1-3-2/h11-12,14-15H,13H2,1-10H3;4-7H,3H2,1-2H3;3H2,1-2H3/b16-11+,17-12+;;. The van der Waals surface area contributed by atoms with Crippen molar-refractivity contribution in [1.82, 2.24) is 0 Å². The summed E-state index contributed by atoms with van der Waals surface area (Å²) in [6, 6.07) is 13.3. The minimum atomic E-state index is 0.119. The number of rotatable bonds is 5. The van der Waals surface area contributed by atoms with Crippen molar-refractivity contribution in [2.45, 2.75) is 127 Å². The van der Waals surface area contributed by atoms with E-state index >= 15 is 0 Å². The molecule has 0 N–H and O–H groups in total. The molecule has 206 valence electrons. The van der Waals surface area contributed by atoms with E-state index in [1.54, 1.807) is 6.92 Å². The number of carbonyl (C=O) groups is 1. The molecule has 0 saturated carbocycles. The number of benzene rings is 2. The second-order valence-electron chi connectivity index (χ2n) is 12.4. The first-order chi connectivity index (χ1) is 17.0. The lowest BCUT2D eigenvalue weighted by Crippen LogP contribution is -2.22. The first-order valence-electron chi connectivity index (χ1n) is 14.0. The highest BCUT2D eigenvalue weighted by molar-refractivity contribution is 5.92. The van der Waals surface area contributed by atoms with E-state index in [1.807, 2.05) is 13.0 Å². The quantitative estimate of drug-likeness (QED) is 0.292. The van der Waals surface area contributed by atoms with E-state index in [2.05, 4.69) is 126 Å². The van der Waals surface area contributed by atoms with Crippen LogP contribution in [0.15, 0.2) is 59.7 Å². The Bertz CT molecular complexity index is 1050. The Morgan fingerprint density at radius 3 is 1.62 bits per heavy atom. The maximum atomic E-state index is 11.4. The molecular weight excluding hydrogens is 448 g/mol. The van der Waals surface area contributed by atoms with Crippen LogP contribution in [0.5, 0.6) is 0 Å². The van der Waals surface area contributed by atoms with Gasteiger partial charge in [0, 0.05) is 0 Å². The summed E-state index contributed by atoms with van der Waals surface area (Å²) < 4.78 is 0. The van der Waals surface area contributed by atoms with Crippen LogP contribution in [-0.4, -0.2) is 5.78 Å². The van der Waals surface area contributed by atoms with Gasteiger partial charge in [-0.05, 0) is 97.2 Å². The van der Waals surface area contributed by atoms with E-state index in [-0.39, 0.29) is 16.6 Å². The monoisotopic (exact) mass is 504 g/mol. The molecule has 0 aliphatic carbocycles. The maximum absolute atomic E-state index is 11.4. The van der Waals surface area contributed by atoms with E-state index < -0.39 is 0 Å². The lowest BCUT2D eigenvalue weighted by atomic mass is 9.73. The fraction of sp³-hybridized carbons (Fsp3) is 0.528. The fourth-order valence-electron chi connectivity index (χ4n) is 3.93. The summed E-state index contributed by atoms with van der Waals surface area (Å²) in [6.07, 6.45) is 7.32. The molecule has 0 aliphatic rings. The van der Waals surface area contributed by atoms with E-state index in [1.165, 1.54) is 45.4 Å². The third-order valence-electron chi connectivity index (χ3n) is 6.38. The summed E-state index contributed by atoms with van der Waals surface area (Å²) >= 11 is 0. The number of Topliss-reactive ketones (excluding diaryl/α,β-unsaturated/α-hetero) is 1. The first kappa shape index (κ1) is 34.6. The molecule has 37 heavy (non-hydrogen) atoms. The van der Waals surface area contributed by atoms with E-state index in [0.717, 1.165) is 18.4 Å². The van der Waals surface area contributed by atoms with Gasteiger partial charge in [-0.25, -0.2) is 0 Å². The average molecular weight is 505 g/mol. The van der Waals surface area contributed by atoms with Gasteiger partial charge >= 0.3 is 0 Å². The third kappa shape index (κ3) is 12.6. The summed E-state index contributed by atoms with van der Waals surface area (Å²) in [6.45, 7) is 30.1. The predicted molar refractivity (Wildman–Crippen MR) is 167 cm³/mol. The number of allylic oxidation sites excluding steroid dienone is 4. The molecule has 0 heterocycles. The van der Waals surface area contributed by atoms with Crippen LogP contribution in [0.1, 0.15) is 123 Å². The van der Waals surface area contributed by atoms with E-state index in [4.69, 9.17) is 0 Å². The van der Waals surface area contributed by atoms with Crippen molar-refractivity contribution in [3.8, 4) is 0 Å². The topological polar surface area (TPSA) is 17.1 Å². The van der Waals surface area contributed by atoms with Gasteiger partial charge in [0.2, 0.25) is 0 Å². The summed E-state index contributed by atoms with van der Waals surface area (Å²) in [7, 11) is 0. The Morgan fingerprint density at radius 2 is 1.22 bits per heavy atom. The molecule has 0 bridgehead atoms. The van der Waals surface area contributed by atoms with E-state index in [0.29, 0.717) is 0 Å². The lowest BCUT2D eigenvalue weighted by molar-refractivity contribution is -0.113. The Hall–Kier alpha value is -2.41. The number of ketones is 1. The zero-order valence-corrected chi connectivity index (χ0v) is 26.6. The van der Waals surface area contributed by atoms with Gasteiger partial charge in [-0.3, -0.25) is 4.79 Å². The van der Waals surface area contributed by atoms with Crippen molar-refractivity contribution in [2.75, 3.05) is 0 Å². The van der Waals surface area contributed by atoms with Gasteiger partial charge in [-0.2, -0.15) is 0 Å². The smallest absolute Gasteiger partial charge is 0.155 e. The van der Waals surface area contributed by atoms with Crippen molar-refractivity contribution in [3.05, 3.63) is 93.1 Å². The number of hydrogen-bond donors (Lipinski definition) is 0. The zero-order valence-electron chi connectivity index (χ0n) is 26.6. The summed E-state index contributed by atoms with van der Waals surface area (Å²) in [5.74, 6) is 0.129. The minimum absolute atomic E-state index is 0.119. The molecule has 0 fully saturated rings. The Balaban J connectivity index is 0.000000887. The molecule has 0 amide bonds. The Morgan fingerprint density at radius 1 is 0.730 bits per heavy atom. The van der Waals surface area contributed by atoms with Gasteiger partial charge in [-0.1, -0.05) is 123 Å². The number of carbonyl (C=O) groups excluding carboxylic acids is 1. The highest BCUT2D eigenvalue weighted by atomic mass is 16.1. The average Bonchev–Trinajstić information content (AvgIpc) is 2.78. The molecule has 0 aliphatic heterocycles. The normalized spacial score (nSPS) is 12.3. The SMILES string of the molecule is CC(=O)/C(C)=C/C=C(\C)Cc1cc(C(C)(C)C)c(C(C)(C)C)cc1C.CCC.CCc1ccccc1C. The third-order valence-corrected chi connectivity index (χ3v) is 6.38. The van der Waals surface area contributed by atoms with Gasteiger partial charge in [-0.15, -0.1) is 0 Å². The molecule has 0 aromatic heterocycles. The molecule has 1 nitrogen and oxygen atoms in total. The van der Waals surface area contributed by atoms with Crippen LogP contribution >= 0.6 is 0 Å². The first-order valence-corrected chi connectivity index (χ1v) is 14.0. The van der Waals surface area contributed by atoms with Crippen molar-refractivity contribution in [1.29, 1.82) is 0 Å². The van der Waals surface area contributed by atoms with Crippen LogP contribution < -0.4 is 0 Å². The predicted octanol–water partition coefficient (Wildman–Crippen LogP) is 10.6. The largest absolute Gasteiger partial charge is 0.295 e. The molecular formula is C36H56O. The van der Waals surface area contributed by atoms with Gasteiger partial charge in [0.05, 0.1) is 0 Å². The lowest BCUT2D eigenvalue weighted by Gasteiger charge is -2.31. The fourth-order valence-corrected chi connectivity index (χ4v) is 3.93. The van der Waals surface area contributed by atoms with Crippen molar-refractivity contribution >= 4 is 5.78 Å². The van der Waals surface area contributed by atoms with Crippen LogP contribution in [-0.2, 0) is 28.5 Å².